The summed E-state index contributed by atoms with van der Waals surface area (Å²) in [7, 11) is 2.03. The Labute approximate surface area is 370 Å². The Morgan fingerprint density at radius 2 is 1.56 bits per heavy atom. The first kappa shape index (κ1) is 40.6. The van der Waals surface area contributed by atoms with E-state index in [4.69, 9.17) is 23.8 Å². The van der Waals surface area contributed by atoms with E-state index in [0.717, 1.165) is 78.5 Å². The van der Waals surface area contributed by atoms with Crippen LogP contribution >= 0.6 is 0 Å². The molecule has 0 fully saturated rings. The van der Waals surface area contributed by atoms with Crippen molar-refractivity contribution in [3.05, 3.63) is 179 Å². The first-order valence-electron chi connectivity index (χ1n) is 21.5. The van der Waals surface area contributed by atoms with Gasteiger partial charge in [-0.1, -0.05) is 89.7 Å². The Bertz CT molecular complexity index is 3130. The number of carboxylic acids is 1. The minimum atomic E-state index is -0.827. The number of rotatable bonds is 13. The van der Waals surface area contributed by atoms with Gasteiger partial charge in [0, 0.05) is 65.4 Å². The molecule has 0 saturated carbocycles. The molecule has 1 N–H and O–H groups in total. The molecule has 0 saturated heterocycles. The van der Waals surface area contributed by atoms with Crippen LogP contribution in [-0.4, -0.2) is 60.5 Å². The van der Waals surface area contributed by atoms with Crippen LogP contribution in [0.3, 0.4) is 0 Å². The van der Waals surface area contributed by atoms with Crippen molar-refractivity contribution in [3.8, 4) is 56.8 Å². The van der Waals surface area contributed by atoms with Crippen LogP contribution in [0.5, 0.6) is 0 Å². The van der Waals surface area contributed by atoms with Crippen molar-refractivity contribution >= 4 is 16.9 Å². The van der Waals surface area contributed by atoms with Crippen LogP contribution in [0.4, 0.5) is 0 Å². The second-order valence-electron chi connectivity index (χ2n) is 16.6. The van der Waals surface area contributed by atoms with Crippen molar-refractivity contribution in [3.63, 3.8) is 0 Å². The summed E-state index contributed by atoms with van der Waals surface area (Å²) in [6, 6.07) is 35.3. The molecule has 0 bridgehead atoms. The molecular weight excluding hydrogens is 801 g/mol. The number of hydrogen-bond acceptors (Lipinski definition) is 9. The van der Waals surface area contributed by atoms with Gasteiger partial charge in [0.1, 0.15) is 0 Å². The van der Waals surface area contributed by atoms with E-state index in [2.05, 4.69) is 113 Å². The fraction of sp³-hybridized carbons (Fsp3) is 0.189. The largest absolute Gasteiger partial charge is 0.480 e. The van der Waals surface area contributed by atoms with Crippen molar-refractivity contribution in [1.29, 1.82) is 0 Å². The standard InChI is InChI=1S/C53H46N6O5/c1-33-8-4-6-10-44(33)47-18-15-41(53-55-50(56-64-53)38-13-12-35-21-24-59(31-49(60)61)30-42(35)28-38)29-43(47)32-62-25-22-36-9-5-7-11-46(36)45-17-14-40(26-34(45)2)52-54-51(57-63-52)39-16-19-48-37(27-39)20-23-58(48)3/h4-20,23,26-29,44H,1,21-22,24-25,30-32H2,2-3H3,(H,60,61). The molecule has 0 radical (unpaired) electrons. The third-order valence-electron chi connectivity index (χ3n) is 12.3. The molecule has 8 aromatic rings. The first-order chi connectivity index (χ1) is 31.2. The maximum atomic E-state index is 11.4. The van der Waals surface area contributed by atoms with Gasteiger partial charge in [-0.15, -0.1) is 0 Å². The fourth-order valence-corrected chi connectivity index (χ4v) is 8.93. The fourth-order valence-electron chi connectivity index (χ4n) is 8.93. The lowest BCUT2D eigenvalue weighted by Gasteiger charge is -2.27. The van der Waals surface area contributed by atoms with Crippen LogP contribution in [0.1, 0.15) is 39.3 Å². The van der Waals surface area contributed by atoms with Gasteiger partial charge in [0.15, 0.2) is 0 Å². The zero-order valence-electron chi connectivity index (χ0n) is 35.7. The van der Waals surface area contributed by atoms with Gasteiger partial charge in [-0.25, -0.2) is 0 Å². The molecule has 0 spiro atoms. The van der Waals surface area contributed by atoms with Crippen molar-refractivity contribution in [2.24, 2.45) is 7.05 Å². The van der Waals surface area contributed by atoms with Gasteiger partial charge >= 0.3 is 5.97 Å². The molecule has 1 aliphatic heterocycles. The number of aromatic nitrogens is 5. The zero-order chi connectivity index (χ0) is 43.7. The molecule has 1 atom stereocenters. The average molecular weight is 847 g/mol. The van der Waals surface area contributed by atoms with Gasteiger partial charge in [-0.2, -0.15) is 9.97 Å². The van der Waals surface area contributed by atoms with Crippen molar-refractivity contribution < 1.29 is 23.7 Å². The Kier molecular flexibility index (Phi) is 11.0. The predicted molar refractivity (Wildman–Crippen MR) is 247 cm³/mol. The highest BCUT2D eigenvalue weighted by Crippen LogP contribution is 2.36. The maximum absolute atomic E-state index is 11.4. The summed E-state index contributed by atoms with van der Waals surface area (Å²) in [5, 5.41) is 19.1. The third-order valence-corrected chi connectivity index (χ3v) is 12.3. The molecule has 2 aliphatic rings. The number of fused-ring (bicyclic) bond motifs is 2. The zero-order valence-corrected chi connectivity index (χ0v) is 35.7. The highest BCUT2D eigenvalue weighted by atomic mass is 16.5. The lowest BCUT2D eigenvalue weighted by Crippen LogP contribution is -2.34. The predicted octanol–water partition coefficient (Wildman–Crippen LogP) is 10.6. The van der Waals surface area contributed by atoms with E-state index in [0.29, 0.717) is 56.2 Å². The molecule has 5 aromatic carbocycles. The number of aliphatic carboxylic acids is 1. The summed E-state index contributed by atoms with van der Waals surface area (Å²) in [6.07, 6.45) is 11.8. The van der Waals surface area contributed by atoms with E-state index in [1.165, 1.54) is 11.1 Å². The topological polar surface area (TPSA) is 133 Å². The number of carboxylic acid groups (broad SMARTS) is 1. The molecule has 64 heavy (non-hydrogen) atoms. The van der Waals surface area contributed by atoms with Crippen LogP contribution in [0.15, 0.2) is 155 Å². The van der Waals surface area contributed by atoms with Gasteiger partial charge in [0.25, 0.3) is 11.8 Å². The van der Waals surface area contributed by atoms with E-state index in [-0.39, 0.29) is 12.5 Å². The molecule has 1 unspecified atom stereocenters. The molecular formula is C53H46N6O5. The van der Waals surface area contributed by atoms with Crippen LogP contribution < -0.4 is 0 Å². The van der Waals surface area contributed by atoms with Crippen LogP contribution in [0.25, 0.3) is 67.7 Å². The quantitative estimate of drug-likeness (QED) is 0.112. The number of carbonyl (C=O) groups is 1. The van der Waals surface area contributed by atoms with Crippen molar-refractivity contribution in [1.82, 2.24) is 29.7 Å². The van der Waals surface area contributed by atoms with E-state index < -0.39 is 5.97 Å². The lowest BCUT2D eigenvalue weighted by atomic mass is 9.85. The SMILES string of the molecule is C=C1C=CC=CC1c1ccc(-c2nc(-c3ccc4c(c3)CN(CC(=O)O)CC4)no2)cc1COCCc1ccccc1-c1ccc(-c2nc(-c3ccc4c(ccn4C)c3)no2)cc1C. The average Bonchev–Trinajstić information content (AvgIpc) is 4.09. The van der Waals surface area contributed by atoms with Gasteiger partial charge in [-0.05, 0) is 124 Å². The monoisotopic (exact) mass is 846 g/mol. The smallest absolute Gasteiger partial charge is 0.317 e. The number of allylic oxidation sites excluding steroid dienone is 5. The summed E-state index contributed by atoms with van der Waals surface area (Å²) >= 11 is 0. The summed E-state index contributed by atoms with van der Waals surface area (Å²) in [5.74, 6) is 1.11. The van der Waals surface area contributed by atoms with Gasteiger partial charge in [0.05, 0.1) is 19.8 Å². The van der Waals surface area contributed by atoms with Gasteiger partial charge < -0.3 is 23.5 Å². The molecule has 4 heterocycles. The van der Waals surface area contributed by atoms with Gasteiger partial charge in [0.2, 0.25) is 11.6 Å². The third kappa shape index (κ3) is 8.26. The number of hydrogen-bond donors (Lipinski definition) is 1. The minimum absolute atomic E-state index is 0.0104. The van der Waals surface area contributed by atoms with Crippen molar-refractivity contribution in [2.75, 3.05) is 19.7 Å². The van der Waals surface area contributed by atoms with E-state index >= 15 is 0 Å². The Balaban J connectivity index is 0.843. The van der Waals surface area contributed by atoms with Crippen molar-refractivity contribution in [2.45, 2.75) is 38.8 Å². The lowest BCUT2D eigenvalue weighted by molar-refractivity contribution is -0.138. The minimum Gasteiger partial charge on any atom is -0.480 e. The Hall–Kier alpha value is -7.47. The molecule has 11 nitrogen and oxygen atoms in total. The van der Waals surface area contributed by atoms with Gasteiger partial charge in [-0.3, -0.25) is 9.69 Å². The highest BCUT2D eigenvalue weighted by Gasteiger charge is 2.22. The first-order valence-corrected chi connectivity index (χ1v) is 21.5. The number of nitrogens with zero attached hydrogens (tertiary/aromatic N) is 6. The van der Waals surface area contributed by atoms with E-state index in [9.17, 15) is 9.90 Å². The number of benzene rings is 5. The number of ether oxygens (including phenoxy) is 1. The summed E-state index contributed by atoms with van der Waals surface area (Å²) in [6.45, 7) is 8.64. The second kappa shape index (κ2) is 17.4. The molecule has 3 aromatic heterocycles. The van der Waals surface area contributed by atoms with Crippen LogP contribution in [0.2, 0.25) is 0 Å². The van der Waals surface area contributed by atoms with Crippen LogP contribution in [-0.2, 0) is 42.6 Å². The van der Waals surface area contributed by atoms with E-state index in [1.807, 2.05) is 60.6 Å². The summed E-state index contributed by atoms with van der Waals surface area (Å²) in [5.41, 5.74) is 14.5. The Morgan fingerprint density at radius 3 is 2.36 bits per heavy atom. The summed E-state index contributed by atoms with van der Waals surface area (Å²) < 4.78 is 20.2. The molecule has 1 aliphatic carbocycles. The molecule has 318 valence electrons. The molecule has 10 rings (SSSR count). The summed E-state index contributed by atoms with van der Waals surface area (Å²) in [4.78, 5) is 22.9. The maximum Gasteiger partial charge on any atom is 0.317 e. The Morgan fingerprint density at radius 1 is 0.812 bits per heavy atom. The number of aryl methyl sites for hydroxylation is 2. The molecule has 11 heteroatoms. The normalized spacial score (nSPS) is 15.0. The second-order valence-corrected chi connectivity index (χ2v) is 16.6. The van der Waals surface area contributed by atoms with Crippen LogP contribution in [0, 0.1) is 6.92 Å². The van der Waals surface area contributed by atoms with E-state index in [1.54, 1.807) is 0 Å². The molecule has 0 amide bonds. The highest BCUT2D eigenvalue weighted by molar-refractivity contribution is 5.84.